The van der Waals surface area contributed by atoms with Gasteiger partial charge in [0.15, 0.2) is 0 Å². The second-order valence-corrected chi connectivity index (χ2v) is 13.6. The summed E-state index contributed by atoms with van der Waals surface area (Å²) in [4.78, 5) is 62.2. The first-order valence-electron chi connectivity index (χ1n) is 17.9. The summed E-state index contributed by atoms with van der Waals surface area (Å²) in [6.07, 6.45) is 9.43. The molecule has 0 aromatic carbocycles. The molecule has 0 aliphatic rings. The predicted molar refractivity (Wildman–Crippen MR) is 198 cm³/mol. The smallest absolute Gasteiger partial charge is 0.329 e. The lowest BCUT2D eigenvalue weighted by Gasteiger charge is -2.21. The van der Waals surface area contributed by atoms with E-state index < -0.39 is 18.1 Å². The van der Waals surface area contributed by atoms with E-state index in [1.165, 1.54) is 17.1 Å². The van der Waals surface area contributed by atoms with Gasteiger partial charge in [-0.25, -0.2) is 9.59 Å². The summed E-state index contributed by atoms with van der Waals surface area (Å²) in [6.45, 7) is 21.4. The van der Waals surface area contributed by atoms with Crippen LogP contribution < -0.4 is 11.1 Å². The SMILES string of the molecule is CCC.CCOC(=O)C(CCC(C)C)n1cc(CC=O)c(C)cc1=O.CCOC(=O)C(CCC(C)C)n1cc(CCN(C)C)c(C)cc1=O. The van der Waals surface area contributed by atoms with Crippen LogP contribution in [-0.2, 0) is 36.7 Å². The number of carbonyl (C=O) groups is 3. The molecule has 10 nitrogen and oxygen atoms in total. The Morgan fingerprint density at radius 1 is 0.735 bits per heavy atom. The number of likely N-dealkylation sites (N-methyl/N-ethyl adjacent to an activating group) is 1. The molecule has 0 bridgehead atoms. The van der Waals surface area contributed by atoms with Gasteiger partial charge in [0.05, 0.1) is 13.2 Å². The summed E-state index contributed by atoms with van der Waals surface area (Å²) < 4.78 is 13.3. The van der Waals surface area contributed by atoms with Crippen LogP contribution in [-0.4, -0.2) is 66.1 Å². The Morgan fingerprint density at radius 3 is 1.47 bits per heavy atom. The monoisotopic (exact) mass is 687 g/mol. The van der Waals surface area contributed by atoms with Crippen LogP contribution in [0.5, 0.6) is 0 Å². The highest BCUT2D eigenvalue weighted by Gasteiger charge is 2.25. The first-order chi connectivity index (χ1) is 23.1. The third-order valence-electron chi connectivity index (χ3n) is 7.75. The normalized spacial score (nSPS) is 12.1. The van der Waals surface area contributed by atoms with Gasteiger partial charge < -0.3 is 28.3 Å². The van der Waals surface area contributed by atoms with Gasteiger partial charge in [0.25, 0.3) is 11.1 Å². The number of rotatable bonds is 17. The Labute approximate surface area is 295 Å². The summed E-state index contributed by atoms with van der Waals surface area (Å²) in [7, 11) is 4.05. The molecule has 0 amide bonds. The molecule has 0 radical (unpaired) electrons. The van der Waals surface area contributed by atoms with Crippen LogP contribution in [0.1, 0.15) is 122 Å². The van der Waals surface area contributed by atoms with Crippen molar-refractivity contribution in [1.82, 2.24) is 14.0 Å². The summed E-state index contributed by atoms with van der Waals surface area (Å²) in [5.74, 6) is 0.178. The maximum Gasteiger partial charge on any atom is 0.329 e. The first kappa shape index (κ1) is 45.5. The second-order valence-electron chi connectivity index (χ2n) is 13.6. The molecule has 0 N–H and O–H groups in total. The van der Waals surface area contributed by atoms with E-state index in [1.54, 1.807) is 37.6 Å². The van der Waals surface area contributed by atoms with Crippen molar-refractivity contribution in [3.8, 4) is 0 Å². The van der Waals surface area contributed by atoms with Gasteiger partial charge in [0, 0.05) is 37.5 Å². The van der Waals surface area contributed by atoms with E-state index in [2.05, 4.69) is 46.4 Å². The fraction of sp³-hybridized carbons (Fsp3) is 0.667. The van der Waals surface area contributed by atoms with E-state index in [0.717, 1.165) is 54.3 Å². The van der Waals surface area contributed by atoms with Gasteiger partial charge in [-0.1, -0.05) is 48.0 Å². The summed E-state index contributed by atoms with van der Waals surface area (Å²) >= 11 is 0. The lowest BCUT2D eigenvalue weighted by molar-refractivity contribution is -0.148. The van der Waals surface area contributed by atoms with E-state index >= 15 is 0 Å². The van der Waals surface area contributed by atoms with Crippen LogP contribution >= 0.6 is 0 Å². The Bertz CT molecular complexity index is 1390. The number of aryl methyl sites for hydroxylation is 2. The van der Waals surface area contributed by atoms with Crippen molar-refractivity contribution in [2.45, 2.75) is 126 Å². The number of carbonyl (C=O) groups excluding carboxylic acids is 3. The van der Waals surface area contributed by atoms with Crippen molar-refractivity contribution in [3.63, 3.8) is 0 Å². The largest absolute Gasteiger partial charge is 0.464 e. The van der Waals surface area contributed by atoms with Crippen molar-refractivity contribution in [3.05, 3.63) is 67.5 Å². The molecule has 0 saturated heterocycles. The summed E-state index contributed by atoms with van der Waals surface area (Å²) in [5.41, 5.74) is 3.22. The Hall–Kier alpha value is -3.53. The number of hydrogen-bond donors (Lipinski definition) is 0. The number of ether oxygens (including phenoxy) is 2. The zero-order valence-electron chi connectivity index (χ0n) is 32.5. The fourth-order valence-electron chi connectivity index (χ4n) is 4.97. The zero-order valence-corrected chi connectivity index (χ0v) is 32.5. The van der Waals surface area contributed by atoms with Crippen molar-refractivity contribution >= 4 is 18.2 Å². The van der Waals surface area contributed by atoms with Crippen LogP contribution in [0.25, 0.3) is 0 Å². The minimum absolute atomic E-state index is 0.136. The standard InChI is InChI=1S/C19H32N2O3.C17H25NO4.C3H8/c1-7-24-19(23)17(9-8-14(2)3)21-13-16(10-11-20(5)6)15(4)12-18(21)22;1-5-22-17(21)15(7-6-12(2)3)18-11-14(8-9-19)13(4)10-16(18)20;1-3-2/h12-14,17H,7-11H2,1-6H3;9-12,15H,5-8H2,1-4H3;3H2,1-2H3. The van der Waals surface area contributed by atoms with E-state index in [4.69, 9.17) is 9.47 Å². The molecule has 0 saturated carbocycles. The molecule has 49 heavy (non-hydrogen) atoms. The summed E-state index contributed by atoms with van der Waals surface area (Å²) in [6, 6.07) is 1.92. The van der Waals surface area contributed by atoms with E-state index in [0.29, 0.717) is 31.3 Å². The third-order valence-corrected chi connectivity index (χ3v) is 7.75. The molecule has 0 spiro atoms. The van der Waals surface area contributed by atoms with Gasteiger partial charge in [0.2, 0.25) is 0 Å². The topological polar surface area (TPSA) is 117 Å². The molecule has 0 aliphatic carbocycles. The van der Waals surface area contributed by atoms with Gasteiger partial charge in [-0.05, 0) is 108 Å². The lowest BCUT2D eigenvalue weighted by Crippen LogP contribution is -2.32. The van der Waals surface area contributed by atoms with Crippen molar-refractivity contribution in [2.24, 2.45) is 11.8 Å². The van der Waals surface area contributed by atoms with Crippen molar-refractivity contribution < 1.29 is 23.9 Å². The van der Waals surface area contributed by atoms with Gasteiger partial charge >= 0.3 is 11.9 Å². The van der Waals surface area contributed by atoms with Crippen LogP contribution in [0.3, 0.4) is 0 Å². The average molecular weight is 688 g/mol. The van der Waals surface area contributed by atoms with Gasteiger partial charge in [-0.3, -0.25) is 9.59 Å². The predicted octanol–water partition coefficient (Wildman–Crippen LogP) is 6.66. The molecule has 2 aromatic rings. The van der Waals surface area contributed by atoms with E-state index in [1.807, 2.05) is 27.2 Å². The van der Waals surface area contributed by atoms with E-state index in [9.17, 15) is 24.0 Å². The quantitative estimate of drug-likeness (QED) is 0.134. The molecule has 0 fully saturated rings. The average Bonchev–Trinajstić information content (AvgIpc) is 3.00. The highest BCUT2D eigenvalue weighted by atomic mass is 16.5. The number of aromatic nitrogens is 2. The maximum absolute atomic E-state index is 12.5. The Balaban J connectivity index is 0.000000873. The highest BCUT2D eigenvalue weighted by molar-refractivity contribution is 5.74. The van der Waals surface area contributed by atoms with E-state index in [-0.39, 0.29) is 30.1 Å². The molecule has 2 atom stereocenters. The van der Waals surface area contributed by atoms with Crippen LogP contribution in [0.2, 0.25) is 0 Å². The molecule has 2 rings (SSSR count). The molecule has 278 valence electrons. The maximum atomic E-state index is 12.5. The first-order valence-corrected chi connectivity index (χ1v) is 17.9. The second kappa shape index (κ2) is 24.6. The minimum atomic E-state index is -0.638. The van der Waals surface area contributed by atoms with Gasteiger partial charge in [-0.2, -0.15) is 0 Å². The van der Waals surface area contributed by atoms with Gasteiger partial charge in [-0.15, -0.1) is 0 Å². The Kier molecular flexibility index (Phi) is 22.8. The number of esters is 2. The molecular weight excluding hydrogens is 622 g/mol. The molecule has 0 aliphatic heterocycles. The van der Waals surface area contributed by atoms with Crippen LogP contribution in [0.4, 0.5) is 0 Å². The van der Waals surface area contributed by atoms with Crippen molar-refractivity contribution in [2.75, 3.05) is 33.9 Å². The molecular formula is C39H65N3O7. The molecule has 10 heteroatoms. The number of nitrogens with zero attached hydrogens (tertiary/aromatic N) is 3. The molecule has 2 unspecified atom stereocenters. The van der Waals surface area contributed by atoms with Crippen LogP contribution in [0, 0.1) is 25.7 Å². The Morgan fingerprint density at radius 2 is 1.12 bits per heavy atom. The number of hydrogen-bond acceptors (Lipinski definition) is 8. The fourth-order valence-corrected chi connectivity index (χ4v) is 4.97. The summed E-state index contributed by atoms with van der Waals surface area (Å²) in [5, 5.41) is 0. The minimum Gasteiger partial charge on any atom is -0.464 e. The number of aldehydes is 1. The number of pyridine rings is 2. The molecule has 2 heterocycles. The van der Waals surface area contributed by atoms with Gasteiger partial charge in [0.1, 0.15) is 18.4 Å². The third kappa shape index (κ3) is 17.1. The lowest BCUT2D eigenvalue weighted by atomic mass is 10.0. The van der Waals surface area contributed by atoms with Crippen LogP contribution in [0.15, 0.2) is 34.1 Å². The van der Waals surface area contributed by atoms with Crippen molar-refractivity contribution in [1.29, 1.82) is 0 Å². The zero-order chi connectivity index (χ0) is 37.7. The molecule has 2 aromatic heterocycles. The highest BCUT2D eigenvalue weighted by Crippen LogP contribution is 2.21.